The highest BCUT2D eigenvalue weighted by Gasteiger charge is 2.08. The molecule has 1 aromatic rings. The minimum absolute atomic E-state index is 0.394. The van der Waals surface area contributed by atoms with Crippen molar-refractivity contribution in [2.24, 2.45) is 5.92 Å². The molecule has 0 spiro atoms. The van der Waals surface area contributed by atoms with E-state index in [2.05, 4.69) is 32.7 Å². The highest BCUT2D eigenvalue weighted by Crippen LogP contribution is 2.15. The van der Waals surface area contributed by atoms with Crippen molar-refractivity contribution in [2.75, 3.05) is 0 Å². The molecule has 0 saturated heterocycles. The second-order valence-corrected chi connectivity index (χ2v) is 3.93. The molecule has 0 N–H and O–H groups in total. The molecule has 0 aliphatic carbocycles. The molecule has 0 aromatic carbocycles. The lowest BCUT2D eigenvalue weighted by Gasteiger charge is -1.98. The average molecular weight is 167 g/mol. The molecule has 0 unspecified atom stereocenters. The van der Waals surface area contributed by atoms with Crippen LogP contribution >= 0.6 is 0 Å². The lowest BCUT2D eigenvalue weighted by Crippen LogP contribution is -1.95. The van der Waals surface area contributed by atoms with Gasteiger partial charge in [0.25, 0.3) is 0 Å². The largest absolute Gasteiger partial charge is 0.448 e. The van der Waals surface area contributed by atoms with Crippen LogP contribution in [0.2, 0.25) is 0 Å². The Morgan fingerprint density at radius 1 is 1.33 bits per heavy atom. The Kier molecular flexibility index (Phi) is 2.90. The molecule has 2 heteroatoms. The van der Waals surface area contributed by atoms with Crippen LogP contribution < -0.4 is 0 Å². The van der Waals surface area contributed by atoms with Crippen molar-refractivity contribution in [3.63, 3.8) is 0 Å². The van der Waals surface area contributed by atoms with Gasteiger partial charge >= 0.3 is 0 Å². The average Bonchev–Trinajstić information content (AvgIpc) is 2.34. The molecule has 1 rings (SSSR count). The molecule has 2 nitrogen and oxygen atoms in total. The van der Waals surface area contributed by atoms with Gasteiger partial charge in [0.2, 0.25) is 0 Å². The summed E-state index contributed by atoms with van der Waals surface area (Å²) in [6.45, 7) is 8.55. The molecule has 1 aromatic heterocycles. The molecule has 0 fully saturated rings. The first-order chi connectivity index (χ1) is 5.59. The maximum atomic E-state index is 5.32. The summed E-state index contributed by atoms with van der Waals surface area (Å²) in [7, 11) is 0. The number of aromatic nitrogens is 1. The van der Waals surface area contributed by atoms with Gasteiger partial charge in [-0.3, -0.25) is 0 Å². The minimum Gasteiger partial charge on any atom is -0.448 e. The van der Waals surface area contributed by atoms with Crippen LogP contribution in [0.4, 0.5) is 0 Å². The fraction of sp³-hybridized carbons (Fsp3) is 0.700. The molecule has 0 aliphatic heterocycles. The number of rotatable bonds is 3. The Balaban J connectivity index is 2.64. The maximum Gasteiger partial charge on any atom is 0.196 e. The molecule has 0 radical (unpaired) electrons. The molecule has 1 heterocycles. The zero-order valence-corrected chi connectivity index (χ0v) is 8.29. The van der Waals surface area contributed by atoms with Gasteiger partial charge in [-0.1, -0.05) is 27.7 Å². The van der Waals surface area contributed by atoms with Crippen LogP contribution in [-0.2, 0) is 6.42 Å². The summed E-state index contributed by atoms with van der Waals surface area (Å²) >= 11 is 0. The zero-order valence-electron chi connectivity index (χ0n) is 8.29. The van der Waals surface area contributed by atoms with Crippen molar-refractivity contribution >= 4 is 0 Å². The van der Waals surface area contributed by atoms with Crippen LogP contribution in [0.1, 0.15) is 45.2 Å². The Morgan fingerprint density at radius 3 is 2.42 bits per heavy atom. The topological polar surface area (TPSA) is 26.0 Å². The molecule has 0 atom stereocenters. The predicted octanol–water partition coefficient (Wildman–Crippen LogP) is 3.00. The van der Waals surface area contributed by atoms with Crippen LogP contribution in [0.25, 0.3) is 0 Å². The van der Waals surface area contributed by atoms with Gasteiger partial charge in [-0.25, -0.2) is 4.98 Å². The number of hydrogen-bond acceptors (Lipinski definition) is 2. The van der Waals surface area contributed by atoms with E-state index in [-0.39, 0.29) is 0 Å². The van der Waals surface area contributed by atoms with Crippen molar-refractivity contribution in [3.05, 3.63) is 17.8 Å². The Hall–Kier alpha value is -0.790. The minimum atomic E-state index is 0.394. The second-order valence-electron chi connectivity index (χ2n) is 3.93. The van der Waals surface area contributed by atoms with E-state index in [0.29, 0.717) is 11.8 Å². The highest BCUT2D eigenvalue weighted by molar-refractivity contribution is 4.99. The highest BCUT2D eigenvalue weighted by atomic mass is 16.3. The lowest BCUT2D eigenvalue weighted by atomic mass is 10.1. The lowest BCUT2D eigenvalue weighted by molar-refractivity contribution is 0.470. The predicted molar refractivity (Wildman–Crippen MR) is 49.1 cm³/mol. The first-order valence-electron chi connectivity index (χ1n) is 4.54. The summed E-state index contributed by atoms with van der Waals surface area (Å²) in [6, 6.07) is 0. The van der Waals surface area contributed by atoms with Crippen molar-refractivity contribution in [2.45, 2.75) is 40.0 Å². The van der Waals surface area contributed by atoms with E-state index in [9.17, 15) is 0 Å². The third kappa shape index (κ3) is 2.36. The van der Waals surface area contributed by atoms with Crippen LogP contribution in [0.15, 0.2) is 10.7 Å². The summed E-state index contributed by atoms with van der Waals surface area (Å²) in [5.41, 5.74) is 1.08. The second kappa shape index (κ2) is 3.74. The molecule has 0 aliphatic rings. The van der Waals surface area contributed by atoms with Crippen LogP contribution in [0.5, 0.6) is 0 Å². The first-order valence-corrected chi connectivity index (χ1v) is 4.54. The fourth-order valence-corrected chi connectivity index (χ4v) is 1.10. The first kappa shape index (κ1) is 9.30. The summed E-state index contributed by atoms with van der Waals surface area (Å²) in [5.74, 6) is 1.90. The molecular formula is C10H17NO. The van der Waals surface area contributed by atoms with Gasteiger partial charge in [0.1, 0.15) is 6.26 Å². The Bertz CT molecular complexity index is 238. The quantitative estimate of drug-likeness (QED) is 0.691. The van der Waals surface area contributed by atoms with Crippen molar-refractivity contribution in [1.29, 1.82) is 0 Å². The van der Waals surface area contributed by atoms with Crippen molar-refractivity contribution in [3.8, 4) is 0 Å². The van der Waals surface area contributed by atoms with Gasteiger partial charge in [0.15, 0.2) is 5.89 Å². The monoisotopic (exact) mass is 167 g/mol. The summed E-state index contributed by atoms with van der Waals surface area (Å²) in [6.07, 6.45) is 2.78. The molecule has 0 amide bonds. The van der Waals surface area contributed by atoms with Gasteiger partial charge < -0.3 is 4.42 Å². The smallest absolute Gasteiger partial charge is 0.196 e. The fourth-order valence-electron chi connectivity index (χ4n) is 1.10. The van der Waals surface area contributed by atoms with E-state index in [1.807, 2.05) is 0 Å². The van der Waals surface area contributed by atoms with E-state index in [4.69, 9.17) is 4.42 Å². The van der Waals surface area contributed by atoms with Crippen LogP contribution in [0.3, 0.4) is 0 Å². The third-order valence-electron chi connectivity index (χ3n) is 1.68. The summed E-state index contributed by atoms with van der Waals surface area (Å²) in [4.78, 5) is 4.38. The number of oxazole rings is 1. The van der Waals surface area contributed by atoms with E-state index in [1.165, 1.54) is 0 Å². The van der Waals surface area contributed by atoms with Crippen molar-refractivity contribution < 1.29 is 4.42 Å². The third-order valence-corrected chi connectivity index (χ3v) is 1.68. The summed E-state index contributed by atoms with van der Waals surface area (Å²) < 4.78 is 5.32. The van der Waals surface area contributed by atoms with E-state index in [0.717, 1.165) is 18.0 Å². The van der Waals surface area contributed by atoms with Gasteiger partial charge in [0, 0.05) is 5.92 Å². The zero-order chi connectivity index (χ0) is 9.14. The maximum absolute atomic E-state index is 5.32. The van der Waals surface area contributed by atoms with Crippen LogP contribution in [0, 0.1) is 5.92 Å². The van der Waals surface area contributed by atoms with E-state index >= 15 is 0 Å². The number of nitrogens with zero attached hydrogens (tertiary/aromatic N) is 1. The van der Waals surface area contributed by atoms with E-state index < -0.39 is 0 Å². The van der Waals surface area contributed by atoms with Gasteiger partial charge in [-0.05, 0) is 12.3 Å². The molecule has 0 bridgehead atoms. The van der Waals surface area contributed by atoms with Crippen molar-refractivity contribution in [1.82, 2.24) is 4.98 Å². The molecule has 0 saturated carbocycles. The van der Waals surface area contributed by atoms with E-state index in [1.54, 1.807) is 6.26 Å². The van der Waals surface area contributed by atoms with Gasteiger partial charge in [-0.15, -0.1) is 0 Å². The summed E-state index contributed by atoms with van der Waals surface area (Å²) in [5, 5.41) is 0. The SMILES string of the molecule is CC(C)Cc1coc(C(C)C)n1. The van der Waals surface area contributed by atoms with Gasteiger partial charge in [0.05, 0.1) is 5.69 Å². The normalized spacial score (nSPS) is 11.5. The number of hydrogen-bond donors (Lipinski definition) is 0. The standard InChI is InChI=1S/C10H17NO/c1-7(2)5-9-6-12-10(11-9)8(3)4/h6-8H,5H2,1-4H3. The van der Waals surface area contributed by atoms with Gasteiger partial charge in [-0.2, -0.15) is 0 Å². The Labute approximate surface area is 74.0 Å². The molecule has 12 heavy (non-hydrogen) atoms. The molecular weight excluding hydrogens is 150 g/mol. The Morgan fingerprint density at radius 2 is 2.00 bits per heavy atom. The van der Waals surface area contributed by atoms with Crippen LogP contribution in [-0.4, -0.2) is 4.98 Å². The molecule has 68 valence electrons.